The van der Waals surface area contributed by atoms with Crippen molar-refractivity contribution in [2.75, 3.05) is 32.8 Å². The molecule has 0 aromatic carbocycles. The molecule has 106 valence electrons. The lowest BCUT2D eigenvalue weighted by Gasteiger charge is -2.33. The molecule has 2 atom stereocenters. The molecule has 0 bridgehead atoms. The predicted molar refractivity (Wildman–Crippen MR) is 72.3 cm³/mol. The van der Waals surface area contributed by atoms with Crippen LogP contribution in [0.1, 0.15) is 27.7 Å². The zero-order valence-electron chi connectivity index (χ0n) is 12.0. The number of hydrogen-bond acceptors (Lipinski definition) is 4. The Morgan fingerprint density at radius 3 is 2.78 bits per heavy atom. The maximum atomic E-state index is 11.9. The van der Waals surface area contributed by atoms with Crippen molar-refractivity contribution in [3.8, 4) is 0 Å². The minimum absolute atomic E-state index is 0.0785. The summed E-state index contributed by atoms with van der Waals surface area (Å²) in [5.41, 5.74) is 5.68. The number of nitrogens with zero attached hydrogens (tertiary/aromatic N) is 1. The maximum absolute atomic E-state index is 11.9. The van der Waals surface area contributed by atoms with Gasteiger partial charge in [-0.1, -0.05) is 27.7 Å². The Kier molecular flexibility index (Phi) is 5.56. The van der Waals surface area contributed by atoms with Gasteiger partial charge in [0.15, 0.2) is 0 Å². The molecule has 18 heavy (non-hydrogen) atoms. The smallest absolute Gasteiger partial charge is 0.237 e. The first kappa shape index (κ1) is 15.4. The number of nitrogens with one attached hydrogen (secondary N) is 1. The minimum atomic E-state index is -0.483. The molecular weight excluding hydrogens is 230 g/mol. The molecule has 1 heterocycles. The first-order valence-electron chi connectivity index (χ1n) is 6.72. The van der Waals surface area contributed by atoms with Crippen LogP contribution in [0.4, 0.5) is 0 Å². The van der Waals surface area contributed by atoms with Crippen LogP contribution in [0.5, 0.6) is 0 Å². The van der Waals surface area contributed by atoms with E-state index in [-0.39, 0.29) is 17.4 Å². The first-order valence-corrected chi connectivity index (χ1v) is 6.72. The summed E-state index contributed by atoms with van der Waals surface area (Å²) in [7, 11) is 0. The van der Waals surface area contributed by atoms with Crippen molar-refractivity contribution in [3.05, 3.63) is 0 Å². The second-order valence-corrected chi connectivity index (χ2v) is 5.97. The van der Waals surface area contributed by atoms with E-state index in [2.05, 4.69) is 17.1 Å². The summed E-state index contributed by atoms with van der Waals surface area (Å²) in [6, 6.07) is -0.483. The average Bonchev–Trinajstić information content (AvgIpc) is 2.34. The Morgan fingerprint density at radius 2 is 2.22 bits per heavy atom. The first-order chi connectivity index (χ1) is 8.34. The fourth-order valence-corrected chi connectivity index (χ4v) is 1.91. The number of amides is 1. The van der Waals surface area contributed by atoms with Gasteiger partial charge in [-0.2, -0.15) is 0 Å². The zero-order valence-corrected chi connectivity index (χ0v) is 12.0. The van der Waals surface area contributed by atoms with Gasteiger partial charge in [-0.15, -0.1) is 0 Å². The molecule has 1 saturated heterocycles. The van der Waals surface area contributed by atoms with Crippen molar-refractivity contribution in [1.29, 1.82) is 0 Å². The van der Waals surface area contributed by atoms with Gasteiger partial charge < -0.3 is 15.8 Å². The molecule has 5 heteroatoms. The lowest BCUT2D eigenvalue weighted by molar-refractivity contribution is -0.125. The van der Waals surface area contributed by atoms with Crippen molar-refractivity contribution in [3.63, 3.8) is 0 Å². The van der Waals surface area contributed by atoms with Gasteiger partial charge in [0.05, 0.1) is 18.8 Å². The van der Waals surface area contributed by atoms with Crippen molar-refractivity contribution >= 4 is 5.91 Å². The van der Waals surface area contributed by atoms with E-state index in [9.17, 15) is 4.79 Å². The molecule has 0 saturated carbocycles. The Hall–Kier alpha value is -0.650. The Bertz CT molecular complexity index is 276. The van der Waals surface area contributed by atoms with E-state index >= 15 is 0 Å². The molecule has 5 nitrogen and oxygen atoms in total. The van der Waals surface area contributed by atoms with E-state index in [1.165, 1.54) is 0 Å². The van der Waals surface area contributed by atoms with Crippen molar-refractivity contribution < 1.29 is 9.53 Å². The summed E-state index contributed by atoms with van der Waals surface area (Å²) in [6.45, 7) is 12.2. The number of likely N-dealkylation sites (N-methyl/N-ethyl adjacent to an activating group) is 1. The SMILES string of the molecule is CCN1CCOC(CNC(=O)[C@H](N)C(C)(C)C)C1. The van der Waals surface area contributed by atoms with Gasteiger partial charge in [0.25, 0.3) is 0 Å². The number of hydrogen-bond donors (Lipinski definition) is 2. The molecule has 0 aromatic heterocycles. The highest BCUT2D eigenvalue weighted by Gasteiger charge is 2.28. The van der Waals surface area contributed by atoms with E-state index in [1.54, 1.807) is 0 Å². The van der Waals surface area contributed by atoms with Crippen molar-refractivity contribution in [2.45, 2.75) is 39.8 Å². The fourth-order valence-electron chi connectivity index (χ4n) is 1.91. The minimum Gasteiger partial charge on any atom is -0.374 e. The summed E-state index contributed by atoms with van der Waals surface area (Å²) >= 11 is 0. The van der Waals surface area contributed by atoms with Crippen LogP contribution in [0.3, 0.4) is 0 Å². The van der Waals surface area contributed by atoms with Crippen molar-refractivity contribution in [1.82, 2.24) is 10.2 Å². The molecule has 0 aromatic rings. The van der Waals surface area contributed by atoms with Crippen molar-refractivity contribution in [2.24, 2.45) is 11.1 Å². The van der Waals surface area contributed by atoms with E-state index in [1.807, 2.05) is 20.8 Å². The van der Waals surface area contributed by atoms with Gasteiger partial charge in [0.1, 0.15) is 0 Å². The van der Waals surface area contributed by atoms with Crippen LogP contribution in [-0.2, 0) is 9.53 Å². The monoisotopic (exact) mass is 257 g/mol. The lowest BCUT2D eigenvalue weighted by Crippen LogP contribution is -2.52. The maximum Gasteiger partial charge on any atom is 0.237 e. The average molecular weight is 257 g/mol. The lowest BCUT2D eigenvalue weighted by atomic mass is 9.87. The third-order valence-electron chi connectivity index (χ3n) is 3.39. The quantitative estimate of drug-likeness (QED) is 0.755. The van der Waals surface area contributed by atoms with Gasteiger partial charge in [-0.25, -0.2) is 0 Å². The number of carbonyl (C=O) groups excluding carboxylic acids is 1. The van der Waals surface area contributed by atoms with Gasteiger partial charge in [0.2, 0.25) is 5.91 Å². The highest BCUT2D eigenvalue weighted by Crippen LogP contribution is 2.17. The molecule has 1 aliphatic rings. The van der Waals surface area contributed by atoms with Gasteiger partial charge in [-0.3, -0.25) is 9.69 Å². The highest BCUT2D eigenvalue weighted by atomic mass is 16.5. The summed E-state index contributed by atoms with van der Waals surface area (Å²) in [4.78, 5) is 14.2. The van der Waals surface area contributed by atoms with E-state index in [4.69, 9.17) is 10.5 Å². The fraction of sp³-hybridized carbons (Fsp3) is 0.923. The molecule has 1 aliphatic heterocycles. The predicted octanol–water partition coefficient (Wildman–Crippen LogP) is 0.197. The number of carbonyl (C=O) groups is 1. The molecule has 0 radical (unpaired) electrons. The van der Waals surface area contributed by atoms with E-state index in [0.717, 1.165) is 26.2 Å². The van der Waals surface area contributed by atoms with E-state index in [0.29, 0.717) is 6.54 Å². The second kappa shape index (κ2) is 6.50. The molecule has 0 spiro atoms. The molecule has 1 unspecified atom stereocenters. The van der Waals surface area contributed by atoms with Crippen LogP contribution >= 0.6 is 0 Å². The Balaban J connectivity index is 2.34. The summed E-state index contributed by atoms with van der Waals surface area (Å²) < 4.78 is 5.63. The largest absolute Gasteiger partial charge is 0.374 e. The molecule has 3 N–H and O–H groups in total. The highest BCUT2D eigenvalue weighted by molar-refractivity contribution is 5.82. The summed E-state index contributed by atoms with van der Waals surface area (Å²) in [5, 5.41) is 2.89. The number of nitrogens with two attached hydrogens (primary N) is 1. The van der Waals surface area contributed by atoms with Gasteiger partial charge >= 0.3 is 0 Å². The van der Waals surface area contributed by atoms with Crippen LogP contribution in [0.15, 0.2) is 0 Å². The van der Waals surface area contributed by atoms with Crippen LogP contribution in [0.2, 0.25) is 0 Å². The van der Waals surface area contributed by atoms with Crippen LogP contribution in [0, 0.1) is 5.41 Å². The van der Waals surface area contributed by atoms with Gasteiger partial charge in [0, 0.05) is 19.6 Å². The molecule has 1 fully saturated rings. The summed E-state index contributed by atoms with van der Waals surface area (Å²) in [6.07, 6.45) is 0.0785. The van der Waals surface area contributed by atoms with Crippen LogP contribution in [0.25, 0.3) is 0 Å². The Morgan fingerprint density at radius 1 is 1.56 bits per heavy atom. The topological polar surface area (TPSA) is 67.6 Å². The third-order valence-corrected chi connectivity index (χ3v) is 3.39. The molecule has 1 amide bonds. The normalized spacial score (nSPS) is 23.7. The number of rotatable bonds is 4. The van der Waals surface area contributed by atoms with Crippen LogP contribution < -0.4 is 11.1 Å². The summed E-state index contributed by atoms with van der Waals surface area (Å²) in [5.74, 6) is -0.0975. The molecule has 1 rings (SSSR count). The Labute approximate surface area is 110 Å². The van der Waals surface area contributed by atoms with Crippen LogP contribution in [-0.4, -0.2) is 55.7 Å². The molecular formula is C13H27N3O2. The van der Waals surface area contributed by atoms with E-state index < -0.39 is 6.04 Å². The zero-order chi connectivity index (χ0) is 13.8. The third kappa shape index (κ3) is 4.55. The number of morpholine rings is 1. The molecule has 0 aliphatic carbocycles. The van der Waals surface area contributed by atoms with Gasteiger partial charge in [-0.05, 0) is 12.0 Å². The standard InChI is InChI=1S/C13H27N3O2/c1-5-16-6-7-18-10(9-16)8-15-12(17)11(14)13(2,3)4/h10-11H,5-9,14H2,1-4H3,(H,15,17)/t10?,11-/m0/s1. The second-order valence-electron chi connectivity index (χ2n) is 5.97. The number of ether oxygens (including phenoxy) is 1.